The van der Waals surface area contributed by atoms with E-state index in [-0.39, 0.29) is 5.95 Å². The van der Waals surface area contributed by atoms with E-state index in [1.165, 1.54) is 0 Å². The van der Waals surface area contributed by atoms with Crippen molar-refractivity contribution < 1.29 is 4.79 Å². The number of nitrogens with one attached hydrogen (secondary N) is 2. The fourth-order valence-corrected chi connectivity index (χ4v) is 1.95. The Hall–Kier alpha value is -2.14. The highest BCUT2D eigenvalue weighted by molar-refractivity contribution is 6.31. The molecule has 1 heterocycles. The second-order valence-corrected chi connectivity index (χ2v) is 4.87. The van der Waals surface area contributed by atoms with E-state index in [9.17, 15) is 4.79 Å². The lowest BCUT2D eigenvalue weighted by Crippen LogP contribution is -2.21. The second-order valence-electron chi connectivity index (χ2n) is 4.47. The average molecular weight is 291 g/mol. The first-order valence-electron chi connectivity index (χ1n) is 6.11. The van der Waals surface area contributed by atoms with E-state index in [4.69, 9.17) is 11.6 Å². The molecule has 6 heteroatoms. The first-order chi connectivity index (χ1) is 9.45. The van der Waals surface area contributed by atoms with Gasteiger partial charge < -0.3 is 5.32 Å². The van der Waals surface area contributed by atoms with Crippen LogP contribution in [0.15, 0.2) is 24.3 Å². The molecule has 0 aliphatic heterocycles. The number of benzene rings is 1. The normalized spacial score (nSPS) is 10.2. The van der Waals surface area contributed by atoms with Gasteiger partial charge in [-0.05, 0) is 44.5 Å². The van der Waals surface area contributed by atoms with Crippen molar-refractivity contribution in [2.24, 2.45) is 0 Å². The van der Waals surface area contributed by atoms with Gasteiger partial charge in [0.05, 0.1) is 0 Å². The third kappa shape index (κ3) is 3.45. The fourth-order valence-electron chi connectivity index (χ4n) is 1.78. The highest BCUT2D eigenvalue weighted by Gasteiger charge is 2.08. The minimum Gasteiger partial charge on any atom is -0.307 e. The van der Waals surface area contributed by atoms with Crippen LogP contribution in [0.1, 0.15) is 17.0 Å². The van der Waals surface area contributed by atoms with Gasteiger partial charge in [-0.25, -0.2) is 14.8 Å². The summed E-state index contributed by atoms with van der Waals surface area (Å²) < 4.78 is 0. The Kier molecular flexibility index (Phi) is 4.20. The van der Waals surface area contributed by atoms with Crippen molar-refractivity contribution in [3.63, 3.8) is 0 Å². The lowest BCUT2D eigenvalue weighted by atomic mass is 10.2. The Morgan fingerprint density at radius 1 is 1.10 bits per heavy atom. The molecule has 0 bridgehead atoms. The summed E-state index contributed by atoms with van der Waals surface area (Å²) in [5, 5.41) is 5.93. The monoisotopic (exact) mass is 290 g/mol. The van der Waals surface area contributed by atoms with Crippen LogP contribution < -0.4 is 10.6 Å². The zero-order valence-electron chi connectivity index (χ0n) is 11.5. The number of halogens is 1. The van der Waals surface area contributed by atoms with Crippen LogP contribution in [0.3, 0.4) is 0 Å². The molecule has 1 aromatic carbocycles. The van der Waals surface area contributed by atoms with Crippen molar-refractivity contribution >= 4 is 29.3 Å². The van der Waals surface area contributed by atoms with Crippen molar-refractivity contribution in [3.05, 3.63) is 46.2 Å². The highest BCUT2D eigenvalue weighted by atomic mass is 35.5. The number of anilines is 2. The predicted octanol–water partition coefficient (Wildman–Crippen LogP) is 3.70. The lowest BCUT2D eigenvalue weighted by Gasteiger charge is -2.10. The van der Waals surface area contributed by atoms with Crippen LogP contribution >= 0.6 is 11.6 Å². The van der Waals surface area contributed by atoms with Gasteiger partial charge in [-0.15, -0.1) is 0 Å². The van der Waals surface area contributed by atoms with Crippen LogP contribution in [-0.2, 0) is 0 Å². The van der Waals surface area contributed by atoms with Gasteiger partial charge in [0.2, 0.25) is 5.95 Å². The maximum Gasteiger partial charge on any atom is 0.326 e. The molecule has 2 rings (SSSR count). The van der Waals surface area contributed by atoms with E-state index in [0.29, 0.717) is 10.7 Å². The number of amides is 2. The number of carbonyl (C=O) groups excluding carboxylic acids is 1. The van der Waals surface area contributed by atoms with Crippen LogP contribution in [0.4, 0.5) is 16.4 Å². The topological polar surface area (TPSA) is 66.9 Å². The zero-order valence-corrected chi connectivity index (χ0v) is 12.2. The minimum absolute atomic E-state index is 0.277. The number of aromatic nitrogens is 2. The number of carbonyl (C=O) groups is 1. The molecule has 0 spiro atoms. The first kappa shape index (κ1) is 14.3. The summed E-state index contributed by atoms with van der Waals surface area (Å²) in [4.78, 5) is 20.2. The SMILES string of the molecule is Cc1cc(C)nc(NC(=O)Nc2cccc(Cl)c2C)n1. The standard InChI is InChI=1S/C14H15ClN4O/c1-8-7-9(2)17-13(16-8)19-14(20)18-12-6-4-5-11(15)10(12)3/h4-7H,1-3H3,(H2,16,17,18,19,20). The van der Waals surface area contributed by atoms with Gasteiger partial charge in [0.15, 0.2) is 0 Å². The summed E-state index contributed by atoms with van der Waals surface area (Å²) in [6, 6.07) is 6.76. The Morgan fingerprint density at radius 2 is 1.75 bits per heavy atom. The molecule has 0 fully saturated rings. The number of nitrogens with zero attached hydrogens (tertiary/aromatic N) is 2. The molecule has 0 aliphatic rings. The third-order valence-electron chi connectivity index (χ3n) is 2.72. The molecule has 0 saturated heterocycles. The summed E-state index contributed by atoms with van der Waals surface area (Å²) >= 11 is 6.00. The fraction of sp³-hybridized carbons (Fsp3) is 0.214. The van der Waals surface area contributed by atoms with Crippen molar-refractivity contribution in [1.29, 1.82) is 0 Å². The molecule has 0 saturated carbocycles. The largest absolute Gasteiger partial charge is 0.326 e. The molecule has 1 aromatic heterocycles. The summed E-state index contributed by atoms with van der Waals surface area (Å²) in [6.45, 7) is 5.53. The smallest absolute Gasteiger partial charge is 0.307 e. The second kappa shape index (κ2) is 5.88. The molecule has 2 aromatic rings. The number of hydrogen-bond acceptors (Lipinski definition) is 3. The van der Waals surface area contributed by atoms with Crippen LogP contribution in [0, 0.1) is 20.8 Å². The summed E-state index contributed by atoms with van der Waals surface area (Å²) in [7, 11) is 0. The Labute approximate surface area is 122 Å². The molecular weight excluding hydrogens is 276 g/mol. The Morgan fingerprint density at radius 3 is 2.40 bits per heavy atom. The zero-order chi connectivity index (χ0) is 14.7. The summed E-state index contributed by atoms with van der Waals surface area (Å²) in [5.41, 5.74) is 3.06. The lowest BCUT2D eigenvalue weighted by molar-refractivity contribution is 0.262. The van der Waals surface area contributed by atoms with E-state index in [1.807, 2.05) is 26.8 Å². The molecule has 0 unspecified atom stereocenters. The van der Waals surface area contributed by atoms with E-state index in [1.54, 1.807) is 18.2 Å². The molecule has 0 aliphatic carbocycles. The van der Waals surface area contributed by atoms with Gasteiger partial charge in [-0.2, -0.15) is 0 Å². The van der Waals surface area contributed by atoms with Crippen molar-refractivity contribution in [3.8, 4) is 0 Å². The van der Waals surface area contributed by atoms with E-state index >= 15 is 0 Å². The summed E-state index contributed by atoms with van der Waals surface area (Å²) in [6.07, 6.45) is 0. The maximum atomic E-state index is 11.9. The number of rotatable bonds is 2. The highest BCUT2D eigenvalue weighted by Crippen LogP contribution is 2.22. The molecule has 104 valence electrons. The molecule has 0 atom stereocenters. The number of aryl methyl sites for hydroxylation is 2. The predicted molar refractivity (Wildman–Crippen MR) is 80.3 cm³/mol. The van der Waals surface area contributed by atoms with Crippen LogP contribution in [-0.4, -0.2) is 16.0 Å². The molecule has 5 nitrogen and oxygen atoms in total. The molecule has 2 N–H and O–H groups in total. The third-order valence-corrected chi connectivity index (χ3v) is 3.13. The molecule has 0 radical (unpaired) electrons. The van der Waals surface area contributed by atoms with E-state index < -0.39 is 6.03 Å². The van der Waals surface area contributed by atoms with Crippen LogP contribution in [0.2, 0.25) is 5.02 Å². The van der Waals surface area contributed by atoms with Crippen LogP contribution in [0.5, 0.6) is 0 Å². The number of hydrogen-bond donors (Lipinski definition) is 2. The Balaban J connectivity index is 2.11. The molecule has 2 amide bonds. The van der Waals surface area contributed by atoms with Gasteiger partial charge in [-0.3, -0.25) is 5.32 Å². The molecular formula is C14H15ClN4O. The Bertz CT molecular complexity index is 637. The molecule has 20 heavy (non-hydrogen) atoms. The van der Waals surface area contributed by atoms with Crippen molar-refractivity contribution in [1.82, 2.24) is 9.97 Å². The number of urea groups is 1. The maximum absolute atomic E-state index is 11.9. The van der Waals surface area contributed by atoms with Gasteiger partial charge in [-0.1, -0.05) is 17.7 Å². The van der Waals surface area contributed by atoms with E-state index in [0.717, 1.165) is 17.0 Å². The van der Waals surface area contributed by atoms with Gasteiger partial charge >= 0.3 is 6.03 Å². The van der Waals surface area contributed by atoms with E-state index in [2.05, 4.69) is 20.6 Å². The van der Waals surface area contributed by atoms with Crippen molar-refractivity contribution in [2.45, 2.75) is 20.8 Å². The van der Waals surface area contributed by atoms with Gasteiger partial charge in [0.1, 0.15) is 0 Å². The van der Waals surface area contributed by atoms with Crippen molar-refractivity contribution in [2.75, 3.05) is 10.6 Å². The minimum atomic E-state index is -0.402. The average Bonchev–Trinajstić information content (AvgIpc) is 2.33. The quantitative estimate of drug-likeness (QED) is 0.886. The first-order valence-corrected chi connectivity index (χ1v) is 6.49. The van der Waals surface area contributed by atoms with Gasteiger partial charge in [0.25, 0.3) is 0 Å². The summed E-state index contributed by atoms with van der Waals surface area (Å²) in [5.74, 6) is 0.277. The van der Waals surface area contributed by atoms with Gasteiger partial charge in [0, 0.05) is 22.1 Å². The van der Waals surface area contributed by atoms with Crippen LogP contribution in [0.25, 0.3) is 0 Å².